The first-order valence-electron chi connectivity index (χ1n) is 10.6. The van der Waals surface area contributed by atoms with Gasteiger partial charge in [0.25, 0.3) is 5.91 Å². The van der Waals surface area contributed by atoms with Gasteiger partial charge in [0.05, 0.1) is 5.02 Å². The summed E-state index contributed by atoms with van der Waals surface area (Å²) >= 11 is 6.40. The first-order chi connectivity index (χ1) is 13.5. The predicted molar refractivity (Wildman–Crippen MR) is 114 cm³/mol. The Hall–Kier alpha value is -1.30. The molecule has 1 aliphatic carbocycles. The van der Waals surface area contributed by atoms with Gasteiger partial charge in [0.15, 0.2) is 0 Å². The third kappa shape index (κ3) is 6.36. The Balaban J connectivity index is 1.45. The van der Waals surface area contributed by atoms with Crippen molar-refractivity contribution in [3.05, 3.63) is 28.8 Å². The number of hydrogen-bond donors (Lipinski definition) is 1. The average molecular weight is 408 g/mol. The van der Waals surface area contributed by atoms with Crippen LogP contribution in [0.25, 0.3) is 0 Å². The summed E-state index contributed by atoms with van der Waals surface area (Å²) in [6, 6.07) is 5.33. The van der Waals surface area contributed by atoms with E-state index >= 15 is 0 Å². The zero-order valence-corrected chi connectivity index (χ0v) is 18.0. The number of carbonyl (C=O) groups excluding carboxylic acids is 1. The van der Waals surface area contributed by atoms with E-state index in [0.29, 0.717) is 22.9 Å². The van der Waals surface area contributed by atoms with Crippen molar-refractivity contribution in [1.29, 1.82) is 0 Å². The first kappa shape index (κ1) is 21.4. The molecule has 1 saturated heterocycles. The molecule has 2 aliphatic rings. The van der Waals surface area contributed by atoms with Crippen molar-refractivity contribution >= 4 is 17.5 Å². The number of hydrogen-bond acceptors (Lipinski definition) is 4. The van der Waals surface area contributed by atoms with E-state index in [1.54, 1.807) is 12.1 Å². The van der Waals surface area contributed by atoms with Crippen molar-refractivity contribution in [3.8, 4) is 5.75 Å². The van der Waals surface area contributed by atoms with Gasteiger partial charge in [-0.2, -0.15) is 0 Å². The van der Waals surface area contributed by atoms with E-state index in [9.17, 15) is 4.79 Å². The molecule has 3 rings (SSSR count). The van der Waals surface area contributed by atoms with E-state index in [4.69, 9.17) is 16.3 Å². The van der Waals surface area contributed by atoms with Gasteiger partial charge >= 0.3 is 0 Å². The fraction of sp³-hybridized carbons (Fsp3) is 0.682. The molecule has 6 heteroatoms. The number of carbonyl (C=O) groups is 1. The number of nitrogens with one attached hydrogen (secondary N) is 1. The first-order valence-corrected chi connectivity index (χ1v) is 11.0. The Morgan fingerprint density at radius 2 is 1.93 bits per heavy atom. The molecule has 1 aromatic rings. The van der Waals surface area contributed by atoms with Crippen molar-refractivity contribution in [2.75, 3.05) is 46.8 Å². The Morgan fingerprint density at radius 3 is 2.57 bits per heavy atom. The van der Waals surface area contributed by atoms with Gasteiger partial charge in [-0.25, -0.2) is 0 Å². The number of benzene rings is 1. The van der Waals surface area contributed by atoms with Crippen LogP contribution in [0.2, 0.25) is 5.02 Å². The molecular weight excluding hydrogens is 374 g/mol. The molecule has 0 aromatic heterocycles. The van der Waals surface area contributed by atoms with Crippen molar-refractivity contribution < 1.29 is 9.53 Å². The van der Waals surface area contributed by atoms with Crippen molar-refractivity contribution in [2.24, 2.45) is 5.92 Å². The van der Waals surface area contributed by atoms with Gasteiger partial charge in [0.1, 0.15) is 11.9 Å². The second kappa shape index (κ2) is 10.5. The average Bonchev–Trinajstić information content (AvgIpc) is 3.17. The van der Waals surface area contributed by atoms with Crippen LogP contribution in [0, 0.1) is 5.92 Å². The van der Waals surface area contributed by atoms with E-state index < -0.39 is 0 Å². The minimum Gasteiger partial charge on any atom is -0.489 e. The summed E-state index contributed by atoms with van der Waals surface area (Å²) in [6.07, 6.45) is 7.91. The topological polar surface area (TPSA) is 44.8 Å². The van der Waals surface area contributed by atoms with Crippen molar-refractivity contribution in [2.45, 2.75) is 44.6 Å². The molecule has 0 unspecified atom stereocenters. The van der Waals surface area contributed by atoms with Gasteiger partial charge < -0.3 is 19.9 Å². The molecule has 1 N–H and O–H groups in total. The Kier molecular flexibility index (Phi) is 8.00. The largest absolute Gasteiger partial charge is 0.489 e. The maximum absolute atomic E-state index is 12.2. The summed E-state index contributed by atoms with van der Waals surface area (Å²) in [5.41, 5.74) is 0.572. The normalized spacial score (nSPS) is 19.3. The molecule has 1 saturated carbocycles. The highest BCUT2D eigenvalue weighted by molar-refractivity contribution is 6.32. The lowest BCUT2D eigenvalue weighted by Crippen LogP contribution is -2.40. The summed E-state index contributed by atoms with van der Waals surface area (Å²) in [4.78, 5) is 16.9. The van der Waals surface area contributed by atoms with Gasteiger partial charge in [0, 0.05) is 38.3 Å². The number of halogens is 1. The van der Waals surface area contributed by atoms with Gasteiger partial charge in [0.2, 0.25) is 0 Å². The van der Waals surface area contributed by atoms with Gasteiger partial charge in [-0.3, -0.25) is 4.79 Å². The fourth-order valence-electron chi connectivity index (χ4n) is 4.18. The minimum atomic E-state index is -0.101. The summed E-state index contributed by atoms with van der Waals surface area (Å²) in [5.74, 6) is 1.49. The van der Waals surface area contributed by atoms with Crippen LogP contribution in [0.4, 0.5) is 0 Å². The monoisotopic (exact) mass is 407 g/mol. The van der Waals surface area contributed by atoms with Crippen molar-refractivity contribution in [1.82, 2.24) is 15.1 Å². The molecule has 28 heavy (non-hydrogen) atoms. The lowest BCUT2D eigenvalue weighted by Gasteiger charge is -2.33. The van der Waals surface area contributed by atoms with E-state index in [2.05, 4.69) is 10.2 Å². The SMILES string of the molecule is CN(C)CCNC(=O)c1ccc(OC2CCN(CC3CCCC3)CC2)c(Cl)c1. The lowest BCUT2D eigenvalue weighted by atomic mass is 10.0. The third-order valence-corrected chi connectivity index (χ3v) is 6.15. The summed E-state index contributed by atoms with van der Waals surface area (Å²) in [5, 5.41) is 3.42. The molecule has 0 radical (unpaired) electrons. The third-order valence-electron chi connectivity index (χ3n) is 5.86. The number of ether oxygens (including phenoxy) is 1. The van der Waals surface area contributed by atoms with Crippen LogP contribution in [0.3, 0.4) is 0 Å². The number of rotatable bonds is 8. The number of likely N-dealkylation sites (N-methyl/N-ethyl adjacent to an activating group) is 1. The van der Waals surface area contributed by atoms with E-state index in [1.807, 2.05) is 25.1 Å². The summed E-state index contributed by atoms with van der Waals surface area (Å²) < 4.78 is 6.15. The summed E-state index contributed by atoms with van der Waals surface area (Å²) in [7, 11) is 3.96. The number of piperidine rings is 1. The van der Waals surface area contributed by atoms with Crippen LogP contribution in [0.5, 0.6) is 5.75 Å². The highest BCUT2D eigenvalue weighted by Crippen LogP contribution is 2.30. The highest BCUT2D eigenvalue weighted by Gasteiger charge is 2.24. The Morgan fingerprint density at radius 1 is 1.21 bits per heavy atom. The number of likely N-dealkylation sites (tertiary alicyclic amines) is 1. The van der Waals surface area contributed by atoms with Gasteiger partial charge in [-0.1, -0.05) is 24.4 Å². The zero-order valence-electron chi connectivity index (χ0n) is 17.3. The molecule has 5 nitrogen and oxygen atoms in total. The van der Waals surface area contributed by atoms with E-state index in [1.165, 1.54) is 32.2 Å². The fourth-order valence-corrected chi connectivity index (χ4v) is 4.41. The van der Waals surface area contributed by atoms with E-state index in [-0.39, 0.29) is 12.0 Å². The highest BCUT2D eigenvalue weighted by atomic mass is 35.5. The quantitative estimate of drug-likeness (QED) is 0.714. The summed E-state index contributed by atoms with van der Waals surface area (Å²) in [6.45, 7) is 4.88. The van der Waals surface area contributed by atoms with Crippen LogP contribution in [-0.2, 0) is 0 Å². The molecule has 156 valence electrons. The maximum atomic E-state index is 12.2. The Labute approximate surface area is 174 Å². The van der Waals surface area contributed by atoms with Crippen LogP contribution >= 0.6 is 11.6 Å². The van der Waals surface area contributed by atoms with Crippen LogP contribution in [0.1, 0.15) is 48.9 Å². The molecule has 1 aliphatic heterocycles. The van der Waals surface area contributed by atoms with Crippen LogP contribution in [0.15, 0.2) is 18.2 Å². The molecule has 0 bridgehead atoms. The molecule has 0 spiro atoms. The number of nitrogens with zero attached hydrogens (tertiary/aromatic N) is 2. The van der Waals surface area contributed by atoms with Crippen LogP contribution in [-0.4, -0.2) is 68.6 Å². The van der Waals surface area contributed by atoms with Gasteiger partial charge in [-0.15, -0.1) is 0 Å². The van der Waals surface area contributed by atoms with Crippen LogP contribution < -0.4 is 10.1 Å². The lowest BCUT2D eigenvalue weighted by molar-refractivity contribution is 0.0916. The Bertz CT molecular complexity index is 639. The maximum Gasteiger partial charge on any atom is 0.251 e. The van der Waals surface area contributed by atoms with E-state index in [0.717, 1.165) is 38.4 Å². The standard InChI is InChI=1S/C22H34ClN3O2/c1-25(2)14-11-24-22(27)18-7-8-21(20(23)15-18)28-19-9-12-26(13-10-19)16-17-5-3-4-6-17/h7-8,15,17,19H,3-6,9-14,16H2,1-2H3,(H,24,27). The molecule has 1 heterocycles. The van der Waals surface area contributed by atoms with Crippen molar-refractivity contribution in [3.63, 3.8) is 0 Å². The molecule has 0 atom stereocenters. The minimum absolute atomic E-state index is 0.101. The van der Waals surface area contributed by atoms with Gasteiger partial charge in [-0.05, 0) is 63.9 Å². The number of amides is 1. The molecule has 1 aromatic carbocycles. The predicted octanol–water partition coefficient (Wildman–Crippen LogP) is 3.66. The molecule has 2 fully saturated rings. The molecular formula is C22H34ClN3O2. The second-order valence-electron chi connectivity index (χ2n) is 8.47. The smallest absolute Gasteiger partial charge is 0.251 e. The molecule has 1 amide bonds. The second-order valence-corrected chi connectivity index (χ2v) is 8.88. The zero-order chi connectivity index (χ0) is 19.9.